The van der Waals surface area contributed by atoms with Gasteiger partial charge in [0.05, 0.1) is 23.4 Å². The molecule has 9 aromatic rings. The Morgan fingerprint density at radius 2 is 0.898 bits per heavy atom. The number of para-hydroxylation sites is 2. The first-order valence-corrected chi connectivity index (χ1v) is 15.7. The number of fused-ring (bicyclic) bond motifs is 3. The average molecular weight is 636 g/mol. The topological polar surface area (TPSA) is 43.6 Å². The van der Waals surface area contributed by atoms with Crippen molar-refractivity contribution < 1.29 is 12.3 Å². The zero-order chi connectivity index (χ0) is 40.4. The minimum Gasteiger partial charge on any atom is -0.309 e. The Morgan fingerprint density at radius 3 is 1.55 bits per heavy atom. The molecule has 230 valence electrons. The molecule has 2 aromatic heterocycles. The van der Waals surface area contributed by atoms with Crippen LogP contribution in [0.5, 0.6) is 0 Å². The SMILES string of the molecule is [2H]c1c([2H])c([2H])c(-c2cccc3c4c([2H])c([2H])c([2H])c([2H])c4n(-c4ccc(-c5nc(-c6ccccc6)nc(-c6ccc(-c7ccccc7)cc6)n5)cc4)c23)c([2H])c1[2H]. The van der Waals surface area contributed by atoms with Crippen molar-refractivity contribution >= 4 is 21.8 Å². The summed E-state index contributed by atoms with van der Waals surface area (Å²) in [5.41, 5.74) is 5.69. The molecule has 0 N–H and O–H groups in total. The maximum absolute atomic E-state index is 9.06. The summed E-state index contributed by atoms with van der Waals surface area (Å²) < 4.78 is 79.3. The molecule has 0 unspecified atom stereocenters. The van der Waals surface area contributed by atoms with E-state index in [-0.39, 0.29) is 34.1 Å². The minimum atomic E-state index is -0.525. The fourth-order valence-electron chi connectivity index (χ4n) is 6.16. The molecule has 0 fully saturated rings. The van der Waals surface area contributed by atoms with Crippen LogP contribution in [-0.2, 0) is 0 Å². The predicted molar refractivity (Wildman–Crippen MR) is 201 cm³/mol. The van der Waals surface area contributed by atoms with E-state index in [0.717, 1.165) is 22.3 Å². The maximum Gasteiger partial charge on any atom is 0.164 e. The van der Waals surface area contributed by atoms with Gasteiger partial charge < -0.3 is 4.57 Å². The van der Waals surface area contributed by atoms with Gasteiger partial charge in [-0.1, -0.05) is 151 Å². The standard InChI is InChI=1S/C45H30N4/c1-4-13-31(14-5-1)32-23-25-35(26-24-32)44-46-43(34-17-8-3-9-18-34)47-45(48-44)36-27-29-37(30-28-36)49-41-22-11-10-19-39(41)40-21-12-20-38(42(40)49)33-15-6-2-7-16-33/h1-30H/i2D,6D,7D,10D,11D,15D,16D,19D,22D. The van der Waals surface area contributed by atoms with Crippen molar-refractivity contribution in [1.82, 2.24) is 19.5 Å². The lowest BCUT2D eigenvalue weighted by Gasteiger charge is -2.13. The quantitative estimate of drug-likeness (QED) is 0.183. The molecule has 0 saturated heterocycles. The summed E-state index contributed by atoms with van der Waals surface area (Å²) in [5, 5.41) is 0.676. The number of benzene rings is 7. The number of rotatable bonds is 6. The van der Waals surface area contributed by atoms with Crippen molar-refractivity contribution in [3.8, 4) is 62.1 Å². The first-order chi connectivity index (χ1) is 28.0. The summed E-state index contributed by atoms with van der Waals surface area (Å²) in [6, 6.07) is 36.3. The lowest BCUT2D eigenvalue weighted by Crippen LogP contribution is -2.00. The van der Waals surface area contributed by atoms with Gasteiger partial charge in [-0.3, -0.25) is 0 Å². The van der Waals surface area contributed by atoms with E-state index in [1.165, 1.54) is 0 Å². The highest BCUT2D eigenvalue weighted by Gasteiger charge is 2.17. The first kappa shape index (κ1) is 20.6. The van der Waals surface area contributed by atoms with Crippen LogP contribution < -0.4 is 0 Å². The van der Waals surface area contributed by atoms with Gasteiger partial charge in [0.15, 0.2) is 17.5 Å². The Balaban J connectivity index is 1.24. The summed E-state index contributed by atoms with van der Waals surface area (Å²) in [6.07, 6.45) is 0. The zero-order valence-electron chi connectivity index (χ0n) is 34.9. The summed E-state index contributed by atoms with van der Waals surface area (Å²) >= 11 is 0. The molecule has 0 aliphatic carbocycles. The van der Waals surface area contributed by atoms with Crippen LogP contribution in [0, 0.1) is 0 Å². The van der Waals surface area contributed by atoms with Crippen LogP contribution in [0.15, 0.2) is 182 Å². The van der Waals surface area contributed by atoms with Gasteiger partial charge in [-0.05, 0) is 47.0 Å². The van der Waals surface area contributed by atoms with Crippen molar-refractivity contribution in [2.45, 2.75) is 0 Å². The highest BCUT2D eigenvalue weighted by atomic mass is 15.0. The van der Waals surface area contributed by atoms with Gasteiger partial charge in [0.1, 0.15) is 0 Å². The third-order valence-corrected chi connectivity index (χ3v) is 8.49. The number of hydrogen-bond acceptors (Lipinski definition) is 3. The fourth-order valence-corrected chi connectivity index (χ4v) is 6.16. The smallest absolute Gasteiger partial charge is 0.164 e. The summed E-state index contributed by atoms with van der Waals surface area (Å²) in [6.45, 7) is 0. The normalized spacial score (nSPS) is 13.8. The van der Waals surface area contributed by atoms with E-state index in [1.807, 2.05) is 84.9 Å². The van der Waals surface area contributed by atoms with E-state index < -0.39 is 42.3 Å². The number of hydrogen-bond donors (Lipinski definition) is 0. The fraction of sp³-hybridized carbons (Fsp3) is 0. The molecule has 0 bridgehead atoms. The van der Waals surface area contributed by atoms with Crippen LogP contribution in [0.3, 0.4) is 0 Å². The third-order valence-electron chi connectivity index (χ3n) is 8.49. The average Bonchev–Trinajstić information content (AvgIpc) is 3.63. The van der Waals surface area contributed by atoms with E-state index in [2.05, 4.69) is 12.1 Å². The van der Waals surface area contributed by atoms with E-state index >= 15 is 0 Å². The van der Waals surface area contributed by atoms with Crippen molar-refractivity contribution in [2.24, 2.45) is 0 Å². The van der Waals surface area contributed by atoms with Gasteiger partial charge in [-0.15, -0.1) is 0 Å². The molecular formula is C45H30N4. The van der Waals surface area contributed by atoms with Crippen molar-refractivity contribution in [3.63, 3.8) is 0 Å². The Kier molecular flexibility index (Phi) is 5.11. The Hall–Kier alpha value is -6.65. The molecule has 49 heavy (non-hydrogen) atoms. The van der Waals surface area contributed by atoms with E-state index in [4.69, 9.17) is 27.3 Å². The molecule has 7 aromatic carbocycles. The second-order valence-electron chi connectivity index (χ2n) is 11.4. The van der Waals surface area contributed by atoms with Crippen LogP contribution in [0.25, 0.3) is 83.9 Å². The van der Waals surface area contributed by atoms with E-state index in [0.29, 0.717) is 39.6 Å². The number of nitrogens with zero attached hydrogens (tertiary/aromatic N) is 4. The van der Waals surface area contributed by atoms with Crippen LogP contribution in [0.4, 0.5) is 0 Å². The van der Waals surface area contributed by atoms with Gasteiger partial charge in [-0.2, -0.15) is 0 Å². The highest BCUT2D eigenvalue weighted by molar-refractivity contribution is 6.13. The Bertz CT molecular complexity index is 3050. The molecule has 0 aliphatic rings. The molecule has 4 heteroatoms. The van der Waals surface area contributed by atoms with Crippen LogP contribution in [-0.4, -0.2) is 19.5 Å². The monoisotopic (exact) mass is 635 g/mol. The van der Waals surface area contributed by atoms with Gasteiger partial charge in [0.25, 0.3) is 0 Å². The lowest BCUT2D eigenvalue weighted by molar-refractivity contribution is 1.07. The third kappa shape index (κ3) is 5.26. The summed E-state index contributed by atoms with van der Waals surface area (Å²) in [4.78, 5) is 14.7. The molecule has 0 aliphatic heterocycles. The lowest BCUT2D eigenvalue weighted by atomic mass is 10.0. The van der Waals surface area contributed by atoms with Crippen LogP contribution >= 0.6 is 0 Å². The molecule has 4 nitrogen and oxygen atoms in total. The molecule has 0 radical (unpaired) electrons. The number of aromatic nitrogens is 4. The van der Waals surface area contributed by atoms with Crippen molar-refractivity contribution in [3.05, 3.63) is 182 Å². The van der Waals surface area contributed by atoms with Crippen molar-refractivity contribution in [1.29, 1.82) is 0 Å². The second kappa shape index (κ2) is 12.2. The largest absolute Gasteiger partial charge is 0.309 e. The molecule has 0 saturated carbocycles. The van der Waals surface area contributed by atoms with Gasteiger partial charge >= 0.3 is 0 Å². The minimum absolute atomic E-state index is 0.0458. The Morgan fingerprint density at radius 1 is 0.388 bits per heavy atom. The van der Waals surface area contributed by atoms with Gasteiger partial charge in [0.2, 0.25) is 0 Å². The van der Waals surface area contributed by atoms with Crippen molar-refractivity contribution in [2.75, 3.05) is 0 Å². The maximum atomic E-state index is 9.06. The highest BCUT2D eigenvalue weighted by Crippen LogP contribution is 2.38. The second-order valence-corrected chi connectivity index (χ2v) is 11.4. The molecular weight excluding hydrogens is 597 g/mol. The molecule has 0 spiro atoms. The van der Waals surface area contributed by atoms with Crippen LogP contribution in [0.2, 0.25) is 0 Å². The first-order valence-electron chi connectivity index (χ1n) is 20.2. The van der Waals surface area contributed by atoms with Gasteiger partial charge in [-0.25, -0.2) is 15.0 Å². The molecule has 0 amide bonds. The predicted octanol–water partition coefficient (Wildman–Crippen LogP) is 11.3. The summed E-state index contributed by atoms with van der Waals surface area (Å²) in [7, 11) is 0. The van der Waals surface area contributed by atoms with Crippen LogP contribution in [0.1, 0.15) is 12.3 Å². The van der Waals surface area contributed by atoms with Gasteiger partial charge in [0, 0.05) is 38.7 Å². The zero-order valence-corrected chi connectivity index (χ0v) is 25.9. The van der Waals surface area contributed by atoms with E-state index in [9.17, 15) is 0 Å². The Labute approximate surface area is 297 Å². The molecule has 9 rings (SSSR count). The molecule has 0 atom stereocenters. The van der Waals surface area contributed by atoms with E-state index in [1.54, 1.807) is 34.9 Å². The molecule has 2 heterocycles. The summed E-state index contributed by atoms with van der Waals surface area (Å²) in [5.74, 6) is 1.37.